The van der Waals surface area contributed by atoms with E-state index in [2.05, 4.69) is 4.74 Å². The van der Waals surface area contributed by atoms with Crippen molar-refractivity contribution in [3.8, 4) is 0 Å². The molecule has 0 heterocycles. The number of carbonyl (C=O) groups excluding carboxylic acids is 1. The zero-order chi connectivity index (χ0) is 7.28. The zero-order valence-electron chi connectivity index (χ0n) is 6.18. The van der Waals surface area contributed by atoms with Crippen molar-refractivity contribution in [1.82, 2.24) is 0 Å². The van der Waals surface area contributed by atoms with Gasteiger partial charge in [0.25, 0.3) is 0 Å². The van der Waals surface area contributed by atoms with Gasteiger partial charge in [-0.15, -0.1) is 0 Å². The van der Waals surface area contributed by atoms with Gasteiger partial charge in [-0.3, -0.25) is 4.79 Å². The van der Waals surface area contributed by atoms with Crippen LogP contribution in [-0.2, 0) is 9.53 Å². The molecule has 0 amide bonds. The predicted molar refractivity (Wildman–Crippen MR) is 35.8 cm³/mol. The van der Waals surface area contributed by atoms with Gasteiger partial charge in [-0.1, -0.05) is 13.8 Å². The van der Waals surface area contributed by atoms with Gasteiger partial charge >= 0.3 is 5.97 Å². The lowest BCUT2D eigenvalue weighted by atomic mass is 10.1. The second kappa shape index (κ2) is 4.36. The number of carbonyl (C=O) groups is 1. The van der Waals surface area contributed by atoms with Gasteiger partial charge in [-0.2, -0.15) is 0 Å². The largest absolute Gasteiger partial charge is 0.469 e. The molecule has 0 N–H and O–H groups in total. The molecule has 0 aliphatic carbocycles. The molecule has 0 rings (SSSR count). The highest BCUT2D eigenvalue weighted by Crippen LogP contribution is 2.04. The van der Waals surface area contributed by atoms with Crippen LogP contribution in [-0.4, -0.2) is 13.1 Å². The third-order valence-electron chi connectivity index (χ3n) is 1.19. The summed E-state index contributed by atoms with van der Waals surface area (Å²) in [5, 5.41) is 0. The molecule has 0 bridgehead atoms. The fourth-order valence-electron chi connectivity index (χ4n) is 0.651. The summed E-state index contributed by atoms with van der Waals surface area (Å²) in [6.45, 7) is 3.78. The molecule has 1 radical (unpaired) electrons. The molecule has 1 atom stereocenters. The molecule has 1 unspecified atom stereocenters. The van der Waals surface area contributed by atoms with Crippen LogP contribution in [0.5, 0.6) is 0 Å². The monoisotopic (exact) mass is 129 g/mol. The van der Waals surface area contributed by atoms with Crippen molar-refractivity contribution < 1.29 is 9.53 Å². The van der Waals surface area contributed by atoms with Gasteiger partial charge in [-0.05, 0) is 12.8 Å². The Labute approximate surface area is 56.2 Å². The summed E-state index contributed by atoms with van der Waals surface area (Å²) in [6.07, 6.45) is 2.76. The maximum absolute atomic E-state index is 10.7. The van der Waals surface area contributed by atoms with Gasteiger partial charge in [0.05, 0.1) is 13.0 Å². The Morgan fingerprint density at radius 1 is 1.78 bits per heavy atom. The van der Waals surface area contributed by atoms with Crippen LogP contribution < -0.4 is 0 Å². The lowest BCUT2D eigenvalue weighted by molar-refractivity contribution is -0.144. The summed E-state index contributed by atoms with van der Waals surface area (Å²) < 4.78 is 4.51. The Hall–Kier alpha value is -0.530. The first kappa shape index (κ1) is 8.47. The van der Waals surface area contributed by atoms with E-state index >= 15 is 0 Å². The number of rotatable bonds is 3. The van der Waals surface area contributed by atoms with E-state index < -0.39 is 0 Å². The number of ether oxygens (including phenoxy) is 1. The summed E-state index contributed by atoms with van der Waals surface area (Å²) >= 11 is 0. The van der Waals surface area contributed by atoms with Crippen molar-refractivity contribution >= 4 is 5.97 Å². The first-order valence-corrected chi connectivity index (χ1v) is 3.08. The van der Waals surface area contributed by atoms with Crippen molar-refractivity contribution in [2.24, 2.45) is 5.92 Å². The molecular weight excluding hydrogens is 116 g/mol. The van der Waals surface area contributed by atoms with Gasteiger partial charge in [0.1, 0.15) is 0 Å². The first-order chi connectivity index (χ1) is 4.22. The molecule has 0 aromatic heterocycles. The van der Waals surface area contributed by atoms with Crippen LogP contribution in [0.3, 0.4) is 0 Å². The highest BCUT2D eigenvalue weighted by molar-refractivity contribution is 5.71. The molecule has 53 valence electrons. The Kier molecular flexibility index (Phi) is 4.10. The zero-order valence-corrected chi connectivity index (χ0v) is 6.18. The van der Waals surface area contributed by atoms with E-state index in [9.17, 15) is 4.79 Å². The molecule has 0 aromatic rings. The molecule has 0 aliphatic heterocycles. The summed E-state index contributed by atoms with van der Waals surface area (Å²) in [6, 6.07) is 0. The van der Waals surface area contributed by atoms with E-state index in [1.54, 1.807) is 0 Å². The lowest BCUT2D eigenvalue weighted by Gasteiger charge is -2.04. The number of hydrogen-bond acceptors (Lipinski definition) is 2. The average Bonchev–Trinajstić information content (AvgIpc) is 1.87. The molecular formula is C7H13O2. The Morgan fingerprint density at radius 3 is 2.67 bits per heavy atom. The van der Waals surface area contributed by atoms with Gasteiger partial charge in [0, 0.05) is 0 Å². The Bertz CT molecular complexity index is 88.9. The highest BCUT2D eigenvalue weighted by atomic mass is 16.5. The van der Waals surface area contributed by atoms with Crippen molar-refractivity contribution in [3.05, 3.63) is 6.42 Å². The predicted octanol–water partition coefficient (Wildman–Crippen LogP) is 1.41. The van der Waals surface area contributed by atoms with Crippen molar-refractivity contribution in [2.75, 3.05) is 7.11 Å². The molecule has 0 fully saturated rings. The van der Waals surface area contributed by atoms with E-state index in [-0.39, 0.29) is 11.9 Å². The molecule has 2 heteroatoms. The van der Waals surface area contributed by atoms with Gasteiger partial charge in [0.2, 0.25) is 0 Å². The van der Waals surface area contributed by atoms with Crippen LogP contribution in [0.15, 0.2) is 0 Å². The topological polar surface area (TPSA) is 26.3 Å². The first-order valence-electron chi connectivity index (χ1n) is 3.08. The molecule has 0 aromatic carbocycles. The quantitative estimate of drug-likeness (QED) is 0.538. The minimum atomic E-state index is -0.131. The SMILES string of the molecule is C[CH]CC(C)C(=O)OC. The summed E-state index contributed by atoms with van der Waals surface area (Å²) in [7, 11) is 1.41. The maximum Gasteiger partial charge on any atom is 0.308 e. The van der Waals surface area contributed by atoms with Gasteiger partial charge < -0.3 is 4.74 Å². The van der Waals surface area contributed by atoms with E-state index in [4.69, 9.17) is 0 Å². The lowest BCUT2D eigenvalue weighted by Crippen LogP contribution is -2.11. The van der Waals surface area contributed by atoms with Crippen LogP contribution in [0.2, 0.25) is 0 Å². The minimum absolute atomic E-state index is 0.0139. The summed E-state index contributed by atoms with van der Waals surface area (Å²) in [5.74, 6) is -0.117. The van der Waals surface area contributed by atoms with E-state index in [0.717, 1.165) is 6.42 Å². The third kappa shape index (κ3) is 3.12. The second-order valence-corrected chi connectivity index (χ2v) is 2.07. The van der Waals surface area contributed by atoms with Crippen molar-refractivity contribution in [3.63, 3.8) is 0 Å². The van der Waals surface area contributed by atoms with Crippen LogP contribution in [0.25, 0.3) is 0 Å². The normalized spacial score (nSPS) is 12.8. The van der Waals surface area contributed by atoms with Crippen molar-refractivity contribution in [1.29, 1.82) is 0 Å². The van der Waals surface area contributed by atoms with E-state index in [0.29, 0.717) is 0 Å². The average molecular weight is 129 g/mol. The fourth-order valence-corrected chi connectivity index (χ4v) is 0.651. The second-order valence-electron chi connectivity index (χ2n) is 2.07. The highest BCUT2D eigenvalue weighted by Gasteiger charge is 2.10. The standard InChI is InChI=1S/C7H13O2/c1-4-5-6(2)7(8)9-3/h4,6H,5H2,1-3H3. The summed E-state index contributed by atoms with van der Waals surface area (Å²) in [5.41, 5.74) is 0. The van der Waals surface area contributed by atoms with Crippen LogP contribution in [0.4, 0.5) is 0 Å². The Morgan fingerprint density at radius 2 is 2.33 bits per heavy atom. The number of esters is 1. The van der Waals surface area contributed by atoms with E-state index in [1.807, 2.05) is 20.3 Å². The molecule has 2 nitrogen and oxygen atoms in total. The fraction of sp³-hybridized carbons (Fsp3) is 0.714. The Balaban J connectivity index is 3.45. The molecule has 0 saturated heterocycles. The third-order valence-corrected chi connectivity index (χ3v) is 1.19. The van der Waals surface area contributed by atoms with E-state index in [1.165, 1.54) is 7.11 Å². The van der Waals surface area contributed by atoms with Crippen LogP contribution in [0.1, 0.15) is 20.3 Å². The van der Waals surface area contributed by atoms with Gasteiger partial charge in [-0.25, -0.2) is 0 Å². The number of methoxy groups -OCH3 is 1. The molecule has 0 saturated carbocycles. The molecule has 0 aliphatic rings. The number of hydrogen-bond donors (Lipinski definition) is 0. The van der Waals surface area contributed by atoms with Gasteiger partial charge in [0.15, 0.2) is 0 Å². The van der Waals surface area contributed by atoms with Crippen LogP contribution >= 0.6 is 0 Å². The molecule has 9 heavy (non-hydrogen) atoms. The van der Waals surface area contributed by atoms with Crippen molar-refractivity contribution in [2.45, 2.75) is 20.3 Å². The van der Waals surface area contributed by atoms with Crippen LogP contribution in [0, 0.1) is 12.3 Å². The maximum atomic E-state index is 10.7. The molecule has 0 spiro atoms. The smallest absolute Gasteiger partial charge is 0.308 e. The minimum Gasteiger partial charge on any atom is -0.469 e. The summed E-state index contributed by atoms with van der Waals surface area (Å²) in [4.78, 5) is 10.7.